The molecule has 0 spiro atoms. The number of nitrogens with zero attached hydrogens (tertiary/aromatic N) is 3. The number of rotatable bonds is 7. The number of aromatic nitrogens is 4. The zero-order valence-electron chi connectivity index (χ0n) is 20.6. The highest BCUT2D eigenvalue weighted by Crippen LogP contribution is 2.49. The normalized spacial score (nSPS) is 17.3. The van der Waals surface area contributed by atoms with Crippen molar-refractivity contribution < 1.29 is 28.8 Å². The van der Waals surface area contributed by atoms with Crippen LogP contribution >= 0.6 is 11.7 Å². The lowest BCUT2D eigenvalue weighted by Crippen LogP contribution is -2.30. The Morgan fingerprint density at radius 1 is 0.947 bits per heavy atom. The predicted octanol–water partition coefficient (Wildman–Crippen LogP) is 3.99. The van der Waals surface area contributed by atoms with Crippen LogP contribution in [-0.4, -0.2) is 51.1 Å². The number of ether oxygens (including phenoxy) is 4. The first kappa shape index (κ1) is 23.9. The Kier molecular flexibility index (Phi) is 5.73. The summed E-state index contributed by atoms with van der Waals surface area (Å²) in [5.74, 6) is -1.81. The molecule has 2 aromatic heterocycles. The molecule has 11 heteroatoms. The topological polar surface area (TPSA) is 129 Å². The van der Waals surface area contributed by atoms with E-state index in [1.165, 1.54) is 21.3 Å². The molecule has 1 aliphatic heterocycles. The molecule has 0 fully saturated rings. The minimum Gasteiger partial charge on any atom is -0.493 e. The van der Waals surface area contributed by atoms with Gasteiger partial charge < -0.3 is 29.0 Å². The third-order valence-corrected chi connectivity index (χ3v) is 7.18. The van der Waals surface area contributed by atoms with Crippen molar-refractivity contribution in [2.24, 2.45) is 0 Å². The first-order valence-electron chi connectivity index (χ1n) is 11.6. The molecule has 1 unspecified atom stereocenters. The molecule has 5 aromatic rings. The summed E-state index contributed by atoms with van der Waals surface area (Å²) < 4.78 is 30.7. The number of hydrogen-bond acceptors (Lipinski definition) is 10. The van der Waals surface area contributed by atoms with Crippen LogP contribution in [0.5, 0.6) is 17.2 Å². The Morgan fingerprint density at radius 2 is 1.71 bits per heavy atom. The second-order valence-electron chi connectivity index (χ2n) is 8.70. The molecular formula is C27H22N4O6S. The number of imidazole rings is 1. The van der Waals surface area contributed by atoms with Gasteiger partial charge >= 0.3 is 5.97 Å². The molecule has 2 N–H and O–H groups in total. The van der Waals surface area contributed by atoms with Gasteiger partial charge in [0, 0.05) is 17.6 Å². The summed E-state index contributed by atoms with van der Waals surface area (Å²) in [6.45, 7) is 0. The number of carbonyl (C=O) groups is 1. The van der Waals surface area contributed by atoms with Crippen molar-refractivity contribution in [2.45, 2.75) is 12.2 Å². The van der Waals surface area contributed by atoms with Crippen molar-refractivity contribution in [3.63, 3.8) is 0 Å². The highest BCUT2D eigenvalue weighted by molar-refractivity contribution is 7.00. The maximum Gasteiger partial charge on any atom is 0.342 e. The highest BCUT2D eigenvalue weighted by atomic mass is 32.1. The number of fused-ring (bicyclic) bond motifs is 2. The molecule has 0 radical (unpaired) electrons. The molecule has 3 heterocycles. The number of H-pyrrole nitrogens is 1. The summed E-state index contributed by atoms with van der Waals surface area (Å²) >= 11 is 1.09. The molecule has 10 nitrogen and oxygen atoms in total. The largest absolute Gasteiger partial charge is 0.493 e. The van der Waals surface area contributed by atoms with Crippen molar-refractivity contribution in [3.05, 3.63) is 77.1 Å². The van der Waals surface area contributed by atoms with Crippen LogP contribution < -0.4 is 14.2 Å². The van der Waals surface area contributed by atoms with E-state index in [9.17, 15) is 9.90 Å². The van der Waals surface area contributed by atoms with E-state index in [-0.39, 0.29) is 17.6 Å². The Morgan fingerprint density at radius 3 is 2.45 bits per heavy atom. The number of carbonyl (C=O) groups excluding carboxylic acids is 1. The van der Waals surface area contributed by atoms with E-state index in [4.69, 9.17) is 18.9 Å². The van der Waals surface area contributed by atoms with Crippen LogP contribution in [0.25, 0.3) is 27.6 Å². The van der Waals surface area contributed by atoms with Crippen LogP contribution in [0.2, 0.25) is 0 Å². The quantitative estimate of drug-likeness (QED) is 0.300. The zero-order valence-corrected chi connectivity index (χ0v) is 21.5. The van der Waals surface area contributed by atoms with Crippen molar-refractivity contribution >= 4 is 45.3 Å². The second kappa shape index (κ2) is 9.12. The van der Waals surface area contributed by atoms with E-state index in [0.717, 1.165) is 33.8 Å². The predicted molar refractivity (Wildman–Crippen MR) is 140 cm³/mol. The molecule has 1 aliphatic rings. The van der Waals surface area contributed by atoms with Crippen molar-refractivity contribution in [2.75, 3.05) is 21.3 Å². The first-order chi connectivity index (χ1) is 18.4. The van der Waals surface area contributed by atoms with E-state index < -0.39 is 11.8 Å². The van der Waals surface area contributed by atoms with E-state index in [0.29, 0.717) is 33.9 Å². The third-order valence-electron chi connectivity index (χ3n) is 6.62. The number of esters is 1. The van der Waals surface area contributed by atoms with E-state index in [2.05, 4.69) is 18.7 Å². The van der Waals surface area contributed by atoms with Gasteiger partial charge in [-0.15, -0.1) is 0 Å². The maximum absolute atomic E-state index is 13.5. The first-order valence-corrected chi connectivity index (χ1v) is 12.3. The summed E-state index contributed by atoms with van der Waals surface area (Å²) in [5, 5.41) is 12.1. The molecular weight excluding hydrogens is 508 g/mol. The van der Waals surface area contributed by atoms with Crippen LogP contribution in [0.3, 0.4) is 0 Å². The Hall–Kier alpha value is -4.48. The number of benzene rings is 3. The molecule has 192 valence electrons. The Bertz CT molecular complexity index is 1720. The monoisotopic (exact) mass is 530 g/mol. The van der Waals surface area contributed by atoms with Crippen LogP contribution in [-0.2, 0) is 21.7 Å². The summed E-state index contributed by atoms with van der Waals surface area (Å²) in [5.41, 5.74) is 5.26. The minimum atomic E-state index is -2.12. The Balaban J connectivity index is 1.57. The standard InChI is InChI=1S/C27H22N4O6S/c1-34-22-11-16(12-23(35-2)25(22)36-3)27(33)17(8-14-4-6-18-20(9-14)29-13-28-18)24(26(32)37-27)15-5-7-19-21(10-15)31-38-30-19/h4-7,9-13,33H,8H2,1-3H3,(H,28,29). The number of nitrogens with one attached hydrogen (secondary N) is 1. The average Bonchev–Trinajstić information content (AvgIpc) is 3.65. The lowest BCUT2D eigenvalue weighted by molar-refractivity contribution is -0.185. The Labute approximate surface area is 220 Å². The zero-order chi connectivity index (χ0) is 26.4. The van der Waals surface area contributed by atoms with Gasteiger partial charge in [0.2, 0.25) is 5.75 Å². The number of aliphatic hydroxyl groups is 1. The molecule has 0 bridgehead atoms. The summed E-state index contributed by atoms with van der Waals surface area (Å²) in [7, 11) is 4.44. The average molecular weight is 531 g/mol. The minimum absolute atomic E-state index is 0.199. The van der Waals surface area contributed by atoms with E-state index in [1.807, 2.05) is 18.2 Å². The van der Waals surface area contributed by atoms with Gasteiger partial charge in [-0.25, -0.2) is 9.78 Å². The van der Waals surface area contributed by atoms with Gasteiger partial charge in [0.05, 0.1) is 56.0 Å². The van der Waals surface area contributed by atoms with Crippen LogP contribution in [0.15, 0.2) is 60.4 Å². The van der Waals surface area contributed by atoms with Crippen molar-refractivity contribution in [1.82, 2.24) is 18.7 Å². The fourth-order valence-corrected chi connectivity index (χ4v) is 5.30. The molecule has 0 amide bonds. The second-order valence-corrected chi connectivity index (χ2v) is 9.23. The number of hydrogen-bond donors (Lipinski definition) is 2. The fraction of sp³-hybridized carbons (Fsp3) is 0.185. The van der Waals surface area contributed by atoms with E-state index >= 15 is 0 Å². The van der Waals surface area contributed by atoms with Gasteiger partial charge in [0.15, 0.2) is 11.5 Å². The lowest BCUT2D eigenvalue weighted by Gasteiger charge is -2.27. The van der Waals surface area contributed by atoms with Gasteiger partial charge in [-0.3, -0.25) is 0 Å². The number of aromatic amines is 1. The van der Waals surface area contributed by atoms with Crippen molar-refractivity contribution in [3.8, 4) is 17.2 Å². The molecule has 1 atom stereocenters. The summed E-state index contributed by atoms with van der Waals surface area (Å²) in [6.07, 6.45) is 1.81. The van der Waals surface area contributed by atoms with Gasteiger partial charge in [0.1, 0.15) is 11.0 Å². The molecule has 0 saturated carbocycles. The SMILES string of the molecule is COc1cc(C2(O)OC(=O)C(c3ccc4nsnc4c3)=C2Cc2ccc3[nH]cnc3c2)cc(OC)c1OC. The number of cyclic esters (lactones) is 1. The van der Waals surface area contributed by atoms with Crippen LogP contribution in [0, 0.1) is 0 Å². The van der Waals surface area contributed by atoms with Gasteiger partial charge in [0.25, 0.3) is 5.79 Å². The third kappa shape index (κ3) is 3.75. The van der Waals surface area contributed by atoms with Crippen LogP contribution in [0.1, 0.15) is 16.7 Å². The molecule has 3 aromatic carbocycles. The van der Waals surface area contributed by atoms with Crippen LogP contribution in [0.4, 0.5) is 0 Å². The van der Waals surface area contributed by atoms with Gasteiger partial charge in [-0.05, 0) is 47.5 Å². The van der Waals surface area contributed by atoms with E-state index in [1.54, 1.807) is 36.7 Å². The number of methoxy groups -OCH3 is 3. The lowest BCUT2D eigenvalue weighted by atomic mass is 9.87. The molecule has 0 aliphatic carbocycles. The fourth-order valence-electron chi connectivity index (χ4n) is 4.78. The summed E-state index contributed by atoms with van der Waals surface area (Å²) in [6, 6.07) is 14.2. The summed E-state index contributed by atoms with van der Waals surface area (Å²) in [4.78, 5) is 20.9. The highest BCUT2D eigenvalue weighted by Gasteiger charge is 2.49. The van der Waals surface area contributed by atoms with Gasteiger partial charge in [-0.2, -0.15) is 8.75 Å². The smallest absolute Gasteiger partial charge is 0.342 e. The van der Waals surface area contributed by atoms with Crippen molar-refractivity contribution in [1.29, 1.82) is 0 Å². The molecule has 0 saturated heterocycles. The molecule has 6 rings (SSSR count). The maximum atomic E-state index is 13.5. The molecule has 38 heavy (non-hydrogen) atoms. The van der Waals surface area contributed by atoms with Gasteiger partial charge in [-0.1, -0.05) is 12.1 Å².